The van der Waals surface area contributed by atoms with E-state index in [2.05, 4.69) is 5.32 Å². The number of hydrogen-bond donors (Lipinski definition) is 1. The number of nitrogens with zero attached hydrogens (tertiary/aromatic N) is 1. The van der Waals surface area contributed by atoms with Gasteiger partial charge in [-0.25, -0.2) is 0 Å². The van der Waals surface area contributed by atoms with Crippen molar-refractivity contribution in [2.45, 2.75) is 18.9 Å². The molecule has 0 bridgehead atoms. The summed E-state index contributed by atoms with van der Waals surface area (Å²) >= 11 is 0. The van der Waals surface area contributed by atoms with Crippen LogP contribution in [0.25, 0.3) is 0 Å². The number of hydrogen-bond acceptors (Lipinski definition) is 2. The van der Waals surface area contributed by atoms with Crippen LogP contribution in [0.1, 0.15) is 23.2 Å². The standard InChI is InChI=1S/C13H16N2O2/c16-10-14-12-6-8-15(9-7-12)13(17)11-4-2-1-3-5-11/h1-5,10,12H,6-9H2,(H,14,16). The number of amides is 2. The Kier molecular flexibility index (Phi) is 3.75. The van der Waals surface area contributed by atoms with Gasteiger partial charge in [-0.15, -0.1) is 0 Å². The molecule has 17 heavy (non-hydrogen) atoms. The molecule has 0 aliphatic carbocycles. The van der Waals surface area contributed by atoms with Crippen LogP contribution in [0.2, 0.25) is 0 Å². The summed E-state index contributed by atoms with van der Waals surface area (Å²) < 4.78 is 0. The van der Waals surface area contributed by atoms with Crippen LogP contribution in [0.5, 0.6) is 0 Å². The molecule has 1 aliphatic rings. The first-order valence-corrected chi connectivity index (χ1v) is 5.85. The van der Waals surface area contributed by atoms with Gasteiger partial charge in [-0.2, -0.15) is 0 Å². The van der Waals surface area contributed by atoms with Crippen molar-refractivity contribution in [1.29, 1.82) is 0 Å². The predicted octanol–water partition coefficient (Wildman–Crippen LogP) is 1.04. The monoisotopic (exact) mass is 232 g/mol. The van der Waals surface area contributed by atoms with E-state index in [1.165, 1.54) is 0 Å². The highest BCUT2D eigenvalue weighted by Crippen LogP contribution is 2.13. The smallest absolute Gasteiger partial charge is 0.253 e. The van der Waals surface area contributed by atoms with Gasteiger partial charge in [-0.1, -0.05) is 18.2 Å². The Morgan fingerprint density at radius 3 is 2.47 bits per heavy atom. The van der Waals surface area contributed by atoms with E-state index < -0.39 is 0 Å². The molecule has 1 aliphatic heterocycles. The quantitative estimate of drug-likeness (QED) is 0.791. The summed E-state index contributed by atoms with van der Waals surface area (Å²) in [7, 11) is 0. The molecule has 0 radical (unpaired) electrons. The molecular weight excluding hydrogens is 216 g/mol. The predicted molar refractivity (Wildman–Crippen MR) is 64.6 cm³/mol. The second kappa shape index (κ2) is 5.48. The summed E-state index contributed by atoms with van der Waals surface area (Å²) in [6.07, 6.45) is 2.40. The topological polar surface area (TPSA) is 49.4 Å². The van der Waals surface area contributed by atoms with E-state index in [4.69, 9.17) is 0 Å². The van der Waals surface area contributed by atoms with Crippen LogP contribution >= 0.6 is 0 Å². The lowest BCUT2D eigenvalue weighted by Gasteiger charge is -2.31. The Morgan fingerprint density at radius 2 is 1.88 bits per heavy atom. The second-order valence-corrected chi connectivity index (χ2v) is 4.22. The number of carbonyl (C=O) groups is 2. The molecule has 4 heteroatoms. The van der Waals surface area contributed by atoms with Crippen molar-refractivity contribution in [3.63, 3.8) is 0 Å². The van der Waals surface area contributed by atoms with Crippen molar-refractivity contribution < 1.29 is 9.59 Å². The third kappa shape index (κ3) is 2.84. The van der Waals surface area contributed by atoms with Crippen molar-refractivity contribution >= 4 is 12.3 Å². The van der Waals surface area contributed by atoms with E-state index in [9.17, 15) is 9.59 Å². The van der Waals surface area contributed by atoms with Crippen LogP contribution in [0.15, 0.2) is 30.3 Å². The minimum atomic E-state index is 0.0788. The van der Waals surface area contributed by atoms with Crippen molar-refractivity contribution in [2.75, 3.05) is 13.1 Å². The molecule has 1 saturated heterocycles. The third-order valence-electron chi connectivity index (χ3n) is 3.11. The van der Waals surface area contributed by atoms with Gasteiger partial charge < -0.3 is 10.2 Å². The zero-order valence-corrected chi connectivity index (χ0v) is 9.63. The van der Waals surface area contributed by atoms with Gasteiger partial charge in [-0.05, 0) is 25.0 Å². The molecule has 1 heterocycles. The van der Waals surface area contributed by atoms with E-state index in [-0.39, 0.29) is 11.9 Å². The summed E-state index contributed by atoms with van der Waals surface area (Å²) in [4.78, 5) is 24.3. The van der Waals surface area contributed by atoms with E-state index in [1.54, 1.807) is 0 Å². The molecule has 1 aromatic carbocycles. The summed E-state index contributed by atoms with van der Waals surface area (Å²) in [5.74, 6) is 0.0788. The van der Waals surface area contributed by atoms with Gasteiger partial charge >= 0.3 is 0 Å². The zero-order valence-electron chi connectivity index (χ0n) is 9.63. The number of likely N-dealkylation sites (tertiary alicyclic amines) is 1. The molecule has 0 saturated carbocycles. The zero-order chi connectivity index (χ0) is 12.1. The molecule has 0 unspecified atom stereocenters. The van der Waals surface area contributed by atoms with E-state index >= 15 is 0 Å². The first-order valence-electron chi connectivity index (χ1n) is 5.85. The lowest BCUT2D eigenvalue weighted by Crippen LogP contribution is -2.44. The summed E-state index contributed by atoms with van der Waals surface area (Å²) in [5.41, 5.74) is 0.731. The summed E-state index contributed by atoms with van der Waals surface area (Å²) in [6.45, 7) is 1.42. The number of carbonyl (C=O) groups excluding carboxylic acids is 2. The molecule has 1 N–H and O–H groups in total. The second-order valence-electron chi connectivity index (χ2n) is 4.22. The van der Waals surface area contributed by atoms with Crippen molar-refractivity contribution in [2.24, 2.45) is 0 Å². The van der Waals surface area contributed by atoms with Crippen LogP contribution in [0.4, 0.5) is 0 Å². The maximum Gasteiger partial charge on any atom is 0.253 e. The Balaban J connectivity index is 1.93. The SMILES string of the molecule is O=CNC1CCN(C(=O)c2ccccc2)CC1. The average Bonchev–Trinajstić information content (AvgIpc) is 2.40. The molecule has 90 valence electrons. The van der Waals surface area contributed by atoms with Crippen LogP contribution in [-0.4, -0.2) is 36.3 Å². The highest BCUT2D eigenvalue weighted by atomic mass is 16.2. The molecule has 2 amide bonds. The van der Waals surface area contributed by atoms with Gasteiger partial charge in [0, 0.05) is 24.7 Å². The Bertz CT molecular complexity index is 384. The van der Waals surface area contributed by atoms with Crippen LogP contribution < -0.4 is 5.32 Å². The molecule has 1 aromatic rings. The molecular formula is C13H16N2O2. The normalized spacial score (nSPS) is 16.6. The van der Waals surface area contributed by atoms with E-state index in [1.807, 2.05) is 35.2 Å². The highest BCUT2D eigenvalue weighted by molar-refractivity contribution is 5.94. The maximum absolute atomic E-state index is 12.1. The number of benzene rings is 1. The van der Waals surface area contributed by atoms with Gasteiger partial charge in [0.1, 0.15) is 0 Å². The summed E-state index contributed by atoms with van der Waals surface area (Å²) in [5, 5.41) is 2.77. The molecule has 2 rings (SSSR count). The Morgan fingerprint density at radius 1 is 1.24 bits per heavy atom. The lowest BCUT2D eigenvalue weighted by molar-refractivity contribution is -0.110. The van der Waals surface area contributed by atoms with E-state index in [0.717, 1.165) is 24.8 Å². The lowest BCUT2D eigenvalue weighted by atomic mass is 10.0. The Labute approximate surface area is 101 Å². The number of nitrogens with one attached hydrogen (secondary N) is 1. The molecule has 1 fully saturated rings. The number of piperidine rings is 1. The molecule has 0 atom stereocenters. The average molecular weight is 232 g/mol. The fraction of sp³-hybridized carbons (Fsp3) is 0.385. The first kappa shape index (κ1) is 11.6. The van der Waals surface area contributed by atoms with Crippen LogP contribution in [0, 0.1) is 0 Å². The first-order chi connectivity index (χ1) is 8.31. The van der Waals surface area contributed by atoms with Gasteiger partial charge in [0.05, 0.1) is 0 Å². The molecule has 0 aromatic heterocycles. The molecule has 4 nitrogen and oxygen atoms in total. The third-order valence-corrected chi connectivity index (χ3v) is 3.11. The van der Waals surface area contributed by atoms with Gasteiger partial charge in [0.25, 0.3) is 5.91 Å². The fourth-order valence-corrected chi connectivity index (χ4v) is 2.11. The van der Waals surface area contributed by atoms with Gasteiger partial charge in [0.15, 0.2) is 0 Å². The van der Waals surface area contributed by atoms with Crippen molar-refractivity contribution in [3.8, 4) is 0 Å². The van der Waals surface area contributed by atoms with Crippen LogP contribution in [0.3, 0.4) is 0 Å². The van der Waals surface area contributed by atoms with Crippen LogP contribution in [-0.2, 0) is 4.79 Å². The minimum Gasteiger partial charge on any atom is -0.356 e. The number of rotatable bonds is 3. The molecule has 0 spiro atoms. The maximum atomic E-state index is 12.1. The highest BCUT2D eigenvalue weighted by Gasteiger charge is 2.22. The van der Waals surface area contributed by atoms with Crippen molar-refractivity contribution in [1.82, 2.24) is 10.2 Å². The largest absolute Gasteiger partial charge is 0.356 e. The van der Waals surface area contributed by atoms with Gasteiger partial charge in [0.2, 0.25) is 6.41 Å². The fourth-order valence-electron chi connectivity index (χ4n) is 2.11. The summed E-state index contributed by atoms with van der Waals surface area (Å²) in [6, 6.07) is 9.52. The Hall–Kier alpha value is -1.84. The van der Waals surface area contributed by atoms with Crippen molar-refractivity contribution in [3.05, 3.63) is 35.9 Å². The van der Waals surface area contributed by atoms with E-state index in [0.29, 0.717) is 13.1 Å². The minimum absolute atomic E-state index is 0.0788. The van der Waals surface area contributed by atoms with Gasteiger partial charge in [-0.3, -0.25) is 9.59 Å².